The topological polar surface area (TPSA) is 55.4 Å². The molecule has 1 N–H and O–H groups in total. The molecule has 3 rings (SSSR count). The number of nitrogens with one attached hydrogen (secondary N) is 1. The summed E-state index contributed by atoms with van der Waals surface area (Å²) >= 11 is 1.51. The average molecular weight is 369 g/mol. The summed E-state index contributed by atoms with van der Waals surface area (Å²) in [5, 5.41) is 2.97. The molecule has 0 heterocycles. The number of hydrogen-bond donors (Lipinski definition) is 1. The van der Waals surface area contributed by atoms with Gasteiger partial charge in [0.15, 0.2) is 5.78 Å². The molecule has 0 spiro atoms. The van der Waals surface area contributed by atoms with Crippen molar-refractivity contribution in [1.29, 1.82) is 0 Å². The molecular weight excluding hydrogens is 346 g/mol. The van der Waals surface area contributed by atoms with Gasteiger partial charge in [-0.25, -0.2) is 0 Å². The van der Waals surface area contributed by atoms with E-state index >= 15 is 0 Å². The summed E-state index contributed by atoms with van der Waals surface area (Å²) in [6, 6.07) is 11.6. The van der Waals surface area contributed by atoms with Crippen molar-refractivity contribution < 1.29 is 14.3 Å². The van der Waals surface area contributed by atoms with E-state index < -0.39 is 0 Å². The fraction of sp³-hybridized carbons (Fsp3) is 0.333. The second-order valence-electron chi connectivity index (χ2n) is 6.46. The number of aryl methyl sites for hydroxylation is 2. The van der Waals surface area contributed by atoms with E-state index in [-0.39, 0.29) is 11.7 Å². The second kappa shape index (κ2) is 8.41. The monoisotopic (exact) mass is 369 g/mol. The number of benzene rings is 2. The Balaban J connectivity index is 1.55. The van der Waals surface area contributed by atoms with Gasteiger partial charge in [0.25, 0.3) is 0 Å². The van der Waals surface area contributed by atoms with Crippen LogP contribution in [0.1, 0.15) is 40.4 Å². The Morgan fingerprint density at radius 3 is 2.69 bits per heavy atom. The number of carbonyl (C=O) groups excluding carboxylic acids is 2. The van der Waals surface area contributed by atoms with Crippen LogP contribution < -0.4 is 10.1 Å². The maximum absolute atomic E-state index is 12.2. The fourth-order valence-electron chi connectivity index (χ4n) is 3.21. The number of fused-ring (bicyclic) bond motifs is 1. The number of rotatable bonds is 7. The van der Waals surface area contributed by atoms with E-state index in [4.69, 9.17) is 4.74 Å². The number of hydrogen-bond acceptors (Lipinski definition) is 4. The van der Waals surface area contributed by atoms with E-state index in [0.29, 0.717) is 17.1 Å². The Kier molecular flexibility index (Phi) is 5.99. The highest BCUT2D eigenvalue weighted by atomic mass is 32.2. The first-order chi connectivity index (χ1) is 12.6. The minimum Gasteiger partial charge on any atom is -0.496 e. The molecule has 0 unspecified atom stereocenters. The Labute approximate surface area is 158 Å². The molecule has 0 aromatic heterocycles. The van der Waals surface area contributed by atoms with Crippen LogP contribution in [0.2, 0.25) is 0 Å². The molecule has 5 heteroatoms. The van der Waals surface area contributed by atoms with Gasteiger partial charge in [0.1, 0.15) is 5.75 Å². The smallest absolute Gasteiger partial charge is 0.234 e. The van der Waals surface area contributed by atoms with Gasteiger partial charge >= 0.3 is 0 Å². The molecule has 4 nitrogen and oxygen atoms in total. The third-order valence-electron chi connectivity index (χ3n) is 4.56. The first kappa shape index (κ1) is 18.5. The molecule has 136 valence electrons. The number of Topliss-reactive ketones (excluding diaryl/α,β-unsaturated/α-hetero) is 1. The predicted molar refractivity (Wildman–Crippen MR) is 106 cm³/mol. The summed E-state index contributed by atoms with van der Waals surface area (Å²) in [5.41, 5.74) is 5.20. The van der Waals surface area contributed by atoms with Crippen molar-refractivity contribution in [2.45, 2.75) is 31.9 Å². The van der Waals surface area contributed by atoms with E-state index in [2.05, 4.69) is 17.4 Å². The Morgan fingerprint density at radius 2 is 1.92 bits per heavy atom. The van der Waals surface area contributed by atoms with E-state index in [1.54, 1.807) is 26.2 Å². The maximum Gasteiger partial charge on any atom is 0.234 e. The quantitative estimate of drug-likeness (QED) is 0.741. The molecule has 0 atom stereocenters. The molecule has 0 bridgehead atoms. The number of ketones is 1. The number of carbonyl (C=O) groups is 2. The molecule has 2 aromatic rings. The summed E-state index contributed by atoms with van der Waals surface area (Å²) in [4.78, 5) is 23.8. The fourth-order valence-corrected chi connectivity index (χ4v) is 4.02. The molecule has 0 saturated carbocycles. The molecule has 2 aromatic carbocycles. The molecule has 26 heavy (non-hydrogen) atoms. The van der Waals surface area contributed by atoms with Crippen LogP contribution in [0, 0.1) is 0 Å². The molecule has 1 aliphatic carbocycles. The first-order valence-electron chi connectivity index (χ1n) is 8.74. The second-order valence-corrected chi connectivity index (χ2v) is 7.45. The van der Waals surface area contributed by atoms with Crippen LogP contribution in [0.4, 0.5) is 5.69 Å². The zero-order valence-corrected chi connectivity index (χ0v) is 15.9. The Hall–Kier alpha value is -2.27. The summed E-state index contributed by atoms with van der Waals surface area (Å²) < 4.78 is 5.35. The Morgan fingerprint density at radius 1 is 1.12 bits per heavy atom. The number of thioether (sulfide) groups is 1. The molecule has 0 radical (unpaired) electrons. The van der Waals surface area contributed by atoms with Gasteiger partial charge in [-0.1, -0.05) is 6.07 Å². The van der Waals surface area contributed by atoms with Gasteiger partial charge in [0.05, 0.1) is 12.9 Å². The van der Waals surface area contributed by atoms with Gasteiger partial charge in [0, 0.05) is 22.6 Å². The third kappa shape index (κ3) is 4.47. The zero-order valence-electron chi connectivity index (χ0n) is 15.1. The highest BCUT2D eigenvalue weighted by Gasteiger charge is 2.12. The van der Waals surface area contributed by atoms with Crippen LogP contribution in [-0.4, -0.2) is 24.6 Å². The highest BCUT2D eigenvalue weighted by Crippen LogP contribution is 2.26. The van der Waals surface area contributed by atoms with Crippen LogP contribution in [-0.2, 0) is 23.4 Å². The van der Waals surface area contributed by atoms with E-state index in [1.807, 2.05) is 12.1 Å². The minimum atomic E-state index is -0.0189. The highest BCUT2D eigenvalue weighted by molar-refractivity contribution is 7.99. The van der Waals surface area contributed by atoms with Crippen LogP contribution in [0.15, 0.2) is 36.4 Å². The summed E-state index contributed by atoms with van der Waals surface area (Å²) in [7, 11) is 1.61. The molecule has 1 aliphatic rings. The van der Waals surface area contributed by atoms with Gasteiger partial charge in [-0.3, -0.25) is 9.59 Å². The van der Waals surface area contributed by atoms with Crippen LogP contribution in [0.25, 0.3) is 0 Å². The van der Waals surface area contributed by atoms with Crippen LogP contribution in [0.3, 0.4) is 0 Å². The summed E-state index contributed by atoms with van der Waals surface area (Å²) in [6.45, 7) is 1.54. The molecule has 0 saturated heterocycles. The van der Waals surface area contributed by atoms with Gasteiger partial charge in [-0.15, -0.1) is 11.8 Å². The number of amides is 1. The predicted octanol–water partition coefficient (Wildman–Crippen LogP) is 4.26. The summed E-state index contributed by atoms with van der Waals surface area (Å²) in [6.07, 6.45) is 3.43. The maximum atomic E-state index is 12.2. The number of methoxy groups -OCH3 is 1. The Bertz CT molecular complexity index is 832. The van der Waals surface area contributed by atoms with Gasteiger partial charge < -0.3 is 10.1 Å². The zero-order chi connectivity index (χ0) is 18.5. The normalized spacial score (nSPS) is 12.5. The van der Waals surface area contributed by atoms with Crippen molar-refractivity contribution in [3.05, 3.63) is 58.7 Å². The van der Waals surface area contributed by atoms with E-state index in [1.165, 1.54) is 29.3 Å². The SMILES string of the molecule is COc1ccc(C(C)=O)cc1CSCC(=O)Nc1ccc2c(c1)CCC2. The molecule has 1 amide bonds. The van der Waals surface area contributed by atoms with Crippen molar-refractivity contribution in [2.75, 3.05) is 18.2 Å². The van der Waals surface area contributed by atoms with E-state index in [0.717, 1.165) is 29.8 Å². The third-order valence-corrected chi connectivity index (χ3v) is 5.54. The van der Waals surface area contributed by atoms with Crippen LogP contribution >= 0.6 is 11.8 Å². The number of anilines is 1. The van der Waals surface area contributed by atoms with Crippen molar-refractivity contribution >= 4 is 29.1 Å². The van der Waals surface area contributed by atoms with Crippen molar-refractivity contribution in [2.24, 2.45) is 0 Å². The standard InChI is InChI=1S/C21H23NO3S/c1-14(23)16-7-9-20(25-2)18(10-16)12-26-13-21(24)22-19-8-6-15-4-3-5-17(15)11-19/h6-11H,3-5,12-13H2,1-2H3,(H,22,24). The van der Waals surface area contributed by atoms with Crippen molar-refractivity contribution in [1.82, 2.24) is 0 Å². The van der Waals surface area contributed by atoms with Gasteiger partial charge in [-0.2, -0.15) is 0 Å². The molecule has 0 aliphatic heterocycles. The van der Waals surface area contributed by atoms with E-state index in [9.17, 15) is 9.59 Å². The van der Waals surface area contributed by atoms with Crippen molar-refractivity contribution in [3.63, 3.8) is 0 Å². The molecular formula is C21H23NO3S. The lowest BCUT2D eigenvalue weighted by Gasteiger charge is -2.10. The lowest BCUT2D eigenvalue weighted by Crippen LogP contribution is -2.14. The lowest BCUT2D eigenvalue weighted by molar-refractivity contribution is -0.113. The average Bonchev–Trinajstić information content (AvgIpc) is 3.09. The van der Waals surface area contributed by atoms with Crippen LogP contribution in [0.5, 0.6) is 5.75 Å². The molecule has 0 fully saturated rings. The summed E-state index contributed by atoms with van der Waals surface area (Å²) in [5.74, 6) is 1.70. The van der Waals surface area contributed by atoms with Gasteiger partial charge in [-0.05, 0) is 67.6 Å². The lowest BCUT2D eigenvalue weighted by atomic mass is 10.1. The number of ether oxygens (including phenoxy) is 1. The first-order valence-corrected chi connectivity index (χ1v) is 9.89. The van der Waals surface area contributed by atoms with Crippen molar-refractivity contribution in [3.8, 4) is 5.75 Å². The minimum absolute atomic E-state index is 0.0189. The largest absolute Gasteiger partial charge is 0.496 e. The van der Waals surface area contributed by atoms with Gasteiger partial charge in [0.2, 0.25) is 5.91 Å².